The Morgan fingerprint density at radius 3 is 2.40 bits per heavy atom. The average Bonchev–Trinajstić information content (AvgIpc) is 2.44. The minimum atomic E-state index is -0.431. The van der Waals surface area contributed by atoms with Crippen LogP contribution in [0.5, 0.6) is 11.8 Å². The van der Waals surface area contributed by atoms with E-state index in [0.717, 1.165) is 0 Å². The zero-order chi connectivity index (χ0) is 14.9. The highest BCUT2D eigenvalue weighted by atomic mass is 79.9. The fourth-order valence-electron chi connectivity index (χ4n) is 1.93. The second-order valence-electron chi connectivity index (χ2n) is 4.00. The quantitative estimate of drug-likeness (QED) is 0.482. The van der Waals surface area contributed by atoms with Crippen molar-refractivity contribution in [1.29, 1.82) is 0 Å². The molecule has 7 nitrogen and oxygen atoms in total. The monoisotopic (exact) mass is 341 g/mol. The molecule has 106 valence electrons. The van der Waals surface area contributed by atoms with Crippen LogP contribution in [-0.4, -0.2) is 29.1 Å². The molecule has 0 atom stereocenters. The van der Waals surface area contributed by atoms with Gasteiger partial charge in [0.2, 0.25) is 0 Å². The lowest BCUT2D eigenvalue weighted by molar-refractivity contribution is -0.385. The highest BCUT2D eigenvalue weighted by molar-refractivity contribution is 9.08. The van der Waals surface area contributed by atoms with Crippen LogP contribution in [0.1, 0.15) is 11.1 Å². The van der Waals surface area contributed by atoms with Crippen LogP contribution in [0, 0.1) is 17.0 Å². The van der Waals surface area contributed by atoms with Crippen LogP contribution in [0.15, 0.2) is 6.07 Å². The Balaban J connectivity index is 2.88. The Morgan fingerprint density at radius 1 is 1.30 bits per heavy atom. The fourth-order valence-corrected chi connectivity index (χ4v) is 2.61. The average molecular weight is 342 g/mol. The molecule has 0 aliphatic carbocycles. The first-order valence-corrected chi connectivity index (χ1v) is 6.78. The number of rotatable bonds is 4. The molecule has 1 aromatic heterocycles. The van der Waals surface area contributed by atoms with Gasteiger partial charge in [-0.15, -0.1) is 0 Å². The zero-order valence-electron chi connectivity index (χ0n) is 11.1. The van der Waals surface area contributed by atoms with E-state index in [4.69, 9.17) is 9.47 Å². The minimum Gasteiger partial charge on any atom is -0.477 e. The smallest absolute Gasteiger partial charge is 0.278 e. The summed E-state index contributed by atoms with van der Waals surface area (Å²) in [5.74, 6) is 0.439. The maximum absolute atomic E-state index is 11.1. The summed E-state index contributed by atoms with van der Waals surface area (Å²) < 4.78 is 10.2. The second kappa shape index (κ2) is 5.58. The van der Waals surface area contributed by atoms with E-state index in [1.54, 1.807) is 6.92 Å². The molecule has 1 aromatic carbocycles. The van der Waals surface area contributed by atoms with Crippen molar-refractivity contribution in [2.75, 3.05) is 14.2 Å². The van der Waals surface area contributed by atoms with Crippen LogP contribution in [0.2, 0.25) is 0 Å². The predicted octanol–water partition coefficient (Wildman–Crippen LogP) is 2.76. The molecule has 0 unspecified atom stereocenters. The van der Waals surface area contributed by atoms with Gasteiger partial charge in [0, 0.05) is 22.5 Å². The summed E-state index contributed by atoms with van der Waals surface area (Å²) in [6.07, 6.45) is 0. The molecule has 0 aliphatic rings. The molecule has 0 bridgehead atoms. The largest absolute Gasteiger partial charge is 0.477 e. The zero-order valence-corrected chi connectivity index (χ0v) is 12.7. The van der Waals surface area contributed by atoms with Crippen LogP contribution >= 0.6 is 15.9 Å². The fraction of sp³-hybridized carbons (Fsp3) is 0.333. The van der Waals surface area contributed by atoms with Crippen LogP contribution in [0.25, 0.3) is 11.0 Å². The highest BCUT2D eigenvalue weighted by Crippen LogP contribution is 2.33. The highest BCUT2D eigenvalue weighted by Gasteiger charge is 2.21. The van der Waals surface area contributed by atoms with E-state index in [1.807, 2.05) is 0 Å². The van der Waals surface area contributed by atoms with E-state index in [1.165, 1.54) is 20.3 Å². The van der Waals surface area contributed by atoms with Gasteiger partial charge in [-0.3, -0.25) is 10.1 Å². The van der Waals surface area contributed by atoms with Crippen LogP contribution in [-0.2, 0) is 5.33 Å². The van der Waals surface area contributed by atoms with Crippen molar-refractivity contribution < 1.29 is 14.4 Å². The SMILES string of the molecule is COc1nc2cc([N+](=O)[O-])c(C)c(CBr)c2nc1OC. The summed E-state index contributed by atoms with van der Waals surface area (Å²) in [6, 6.07) is 1.39. The van der Waals surface area contributed by atoms with Gasteiger partial charge in [-0.25, -0.2) is 9.97 Å². The Morgan fingerprint density at radius 2 is 1.90 bits per heavy atom. The molecule has 20 heavy (non-hydrogen) atoms. The van der Waals surface area contributed by atoms with Gasteiger partial charge in [0.1, 0.15) is 5.52 Å². The molecule has 0 saturated carbocycles. The van der Waals surface area contributed by atoms with Gasteiger partial charge in [-0.2, -0.15) is 0 Å². The molecule has 8 heteroatoms. The van der Waals surface area contributed by atoms with Gasteiger partial charge in [-0.05, 0) is 6.92 Å². The lowest BCUT2D eigenvalue weighted by atomic mass is 10.1. The molecule has 2 aromatic rings. The van der Waals surface area contributed by atoms with Crippen molar-refractivity contribution in [3.8, 4) is 11.8 Å². The van der Waals surface area contributed by atoms with Crippen LogP contribution < -0.4 is 9.47 Å². The normalized spacial score (nSPS) is 10.6. The number of alkyl halides is 1. The molecule has 1 heterocycles. The van der Waals surface area contributed by atoms with Crippen molar-refractivity contribution in [3.63, 3.8) is 0 Å². The number of hydrogen-bond acceptors (Lipinski definition) is 6. The number of hydrogen-bond donors (Lipinski definition) is 0. The number of aromatic nitrogens is 2. The first-order valence-electron chi connectivity index (χ1n) is 5.66. The summed E-state index contributed by atoms with van der Waals surface area (Å²) >= 11 is 3.33. The van der Waals surface area contributed by atoms with Crippen molar-refractivity contribution in [2.45, 2.75) is 12.3 Å². The van der Waals surface area contributed by atoms with Crippen LogP contribution in [0.4, 0.5) is 5.69 Å². The molecule has 0 fully saturated rings. The topological polar surface area (TPSA) is 87.4 Å². The van der Waals surface area contributed by atoms with Gasteiger partial charge >= 0.3 is 0 Å². The maximum atomic E-state index is 11.1. The summed E-state index contributed by atoms with van der Waals surface area (Å²) in [7, 11) is 2.90. The standard InChI is InChI=1S/C12H12BrN3O4/c1-6-7(5-13)10-8(4-9(6)16(17)18)14-11(19-2)12(15-10)20-3/h4H,5H2,1-3H3. The van der Waals surface area contributed by atoms with E-state index in [9.17, 15) is 10.1 Å². The number of nitrogens with zero attached hydrogens (tertiary/aromatic N) is 3. The first kappa shape index (κ1) is 14.4. The number of fused-ring (bicyclic) bond motifs is 1. The van der Waals surface area contributed by atoms with E-state index in [-0.39, 0.29) is 17.4 Å². The third-order valence-electron chi connectivity index (χ3n) is 2.97. The molecule has 0 amide bonds. The molecule has 2 rings (SSSR count). The van der Waals surface area contributed by atoms with E-state index >= 15 is 0 Å². The Kier molecular flexibility index (Phi) is 4.03. The summed E-state index contributed by atoms with van der Waals surface area (Å²) in [4.78, 5) is 19.2. The van der Waals surface area contributed by atoms with Gasteiger partial charge in [0.25, 0.3) is 17.4 Å². The second-order valence-corrected chi connectivity index (χ2v) is 4.56. The number of benzene rings is 1. The van der Waals surface area contributed by atoms with E-state index < -0.39 is 4.92 Å². The molecule has 0 radical (unpaired) electrons. The van der Waals surface area contributed by atoms with Crippen molar-refractivity contribution in [2.24, 2.45) is 0 Å². The molecule has 0 spiro atoms. The number of methoxy groups -OCH3 is 2. The number of ether oxygens (including phenoxy) is 2. The lowest BCUT2D eigenvalue weighted by Crippen LogP contribution is -2.02. The van der Waals surface area contributed by atoms with Gasteiger partial charge < -0.3 is 9.47 Å². The van der Waals surface area contributed by atoms with Crippen LogP contribution in [0.3, 0.4) is 0 Å². The molecular weight excluding hydrogens is 330 g/mol. The summed E-state index contributed by atoms with van der Waals surface area (Å²) in [5, 5.41) is 11.5. The van der Waals surface area contributed by atoms with Crippen molar-refractivity contribution in [1.82, 2.24) is 9.97 Å². The molecule has 0 N–H and O–H groups in total. The van der Waals surface area contributed by atoms with Gasteiger partial charge in [0.05, 0.1) is 24.7 Å². The van der Waals surface area contributed by atoms with E-state index in [0.29, 0.717) is 27.5 Å². The number of nitro benzene ring substituents is 1. The Labute approximate surface area is 123 Å². The lowest BCUT2D eigenvalue weighted by Gasteiger charge is -2.11. The maximum Gasteiger partial charge on any atom is 0.278 e. The van der Waals surface area contributed by atoms with Gasteiger partial charge in [-0.1, -0.05) is 15.9 Å². The first-order chi connectivity index (χ1) is 9.53. The molecular formula is C12H12BrN3O4. The number of halogens is 1. The number of nitro groups is 1. The predicted molar refractivity (Wildman–Crippen MR) is 76.7 cm³/mol. The van der Waals surface area contributed by atoms with Gasteiger partial charge in [0.15, 0.2) is 0 Å². The third-order valence-corrected chi connectivity index (χ3v) is 3.53. The van der Waals surface area contributed by atoms with Crippen molar-refractivity contribution >= 4 is 32.7 Å². The van der Waals surface area contributed by atoms with Crippen molar-refractivity contribution in [3.05, 3.63) is 27.3 Å². The van der Waals surface area contributed by atoms with E-state index in [2.05, 4.69) is 25.9 Å². The summed E-state index contributed by atoms with van der Waals surface area (Å²) in [6.45, 7) is 1.69. The summed E-state index contributed by atoms with van der Waals surface area (Å²) in [5.41, 5.74) is 2.23. The Bertz CT molecular complexity index is 690. The minimum absolute atomic E-state index is 0.00784. The Hall–Kier alpha value is -1.96. The molecule has 0 aliphatic heterocycles. The molecule has 0 saturated heterocycles. The third kappa shape index (κ3) is 2.26.